The summed E-state index contributed by atoms with van der Waals surface area (Å²) in [7, 11) is 0. The topological polar surface area (TPSA) is 7.76 Å². The van der Waals surface area contributed by atoms with Gasteiger partial charge in [0.25, 0.3) is 0 Å². The van der Waals surface area contributed by atoms with Gasteiger partial charge in [0.15, 0.2) is 18.6 Å². The van der Waals surface area contributed by atoms with Crippen molar-refractivity contribution in [2.24, 2.45) is 0 Å². The molecule has 0 fully saturated rings. The van der Waals surface area contributed by atoms with Crippen LogP contribution in [0.3, 0.4) is 0 Å². The second-order valence-corrected chi connectivity index (χ2v) is 8.15. The summed E-state index contributed by atoms with van der Waals surface area (Å²) >= 11 is 0. The Balaban J connectivity index is 0.00000420. The molecule has 0 spiro atoms. The minimum atomic E-state index is 0. The van der Waals surface area contributed by atoms with E-state index in [0.29, 0.717) is 0 Å². The van der Waals surface area contributed by atoms with Gasteiger partial charge >= 0.3 is 0 Å². The Bertz CT molecular complexity index is 661. The number of rotatable bonds is 15. The third kappa shape index (κ3) is 12.0. The summed E-state index contributed by atoms with van der Waals surface area (Å²) in [5, 5.41) is 0. The molecule has 2 aromatic rings. The largest absolute Gasteiger partial charge is 1.00 e. The molecule has 30 heavy (non-hydrogen) atoms. The molecule has 2 heterocycles. The number of pyridine rings is 2. The molecule has 2 aromatic heterocycles. The van der Waals surface area contributed by atoms with E-state index in [4.69, 9.17) is 0 Å². The van der Waals surface area contributed by atoms with Gasteiger partial charge in [0.2, 0.25) is 5.69 Å². The third-order valence-corrected chi connectivity index (χ3v) is 5.62. The number of halogens is 2. The molecule has 2 rings (SSSR count). The van der Waals surface area contributed by atoms with E-state index < -0.39 is 0 Å². The summed E-state index contributed by atoms with van der Waals surface area (Å²) in [6.07, 6.45) is 23.0. The summed E-state index contributed by atoms with van der Waals surface area (Å²) in [4.78, 5) is 0. The van der Waals surface area contributed by atoms with Gasteiger partial charge in [0.1, 0.15) is 18.7 Å². The van der Waals surface area contributed by atoms with E-state index in [1.165, 1.54) is 88.3 Å². The average molecular weight is 636 g/mol. The fraction of sp³-hybridized carbons (Fsp3) is 0.615. The van der Waals surface area contributed by atoms with Crippen molar-refractivity contribution < 1.29 is 57.1 Å². The highest BCUT2D eigenvalue weighted by atomic mass is 127. The van der Waals surface area contributed by atoms with Crippen LogP contribution in [0.2, 0.25) is 0 Å². The molecule has 0 aromatic carbocycles. The first-order valence-electron chi connectivity index (χ1n) is 11.8. The molecule has 0 saturated carbocycles. The zero-order valence-corrected chi connectivity index (χ0v) is 23.5. The monoisotopic (exact) mass is 636 g/mol. The molecule has 0 aliphatic rings. The summed E-state index contributed by atoms with van der Waals surface area (Å²) < 4.78 is 4.81. The Morgan fingerprint density at radius 1 is 0.600 bits per heavy atom. The van der Waals surface area contributed by atoms with Crippen molar-refractivity contribution in [2.75, 3.05) is 0 Å². The van der Waals surface area contributed by atoms with Crippen LogP contribution in [-0.4, -0.2) is 0 Å². The first-order valence-corrected chi connectivity index (χ1v) is 11.8. The van der Waals surface area contributed by atoms with Gasteiger partial charge in [0, 0.05) is 31.0 Å². The molecule has 0 saturated heterocycles. The zero-order chi connectivity index (χ0) is 19.9. The van der Waals surface area contributed by atoms with Crippen molar-refractivity contribution in [3.63, 3.8) is 0 Å². The number of unbranched alkanes of at least 4 members (excludes halogenated alkanes) is 10. The predicted octanol–water partition coefficient (Wildman–Crippen LogP) is 0.658. The molecular weight excluding hydrogens is 594 g/mol. The lowest BCUT2D eigenvalue weighted by Gasteiger charge is -2.05. The molecule has 0 amide bonds. The number of aryl methyl sites for hydroxylation is 2. The fourth-order valence-electron chi connectivity index (χ4n) is 3.88. The number of hydrogen-bond acceptors (Lipinski definition) is 0. The molecule has 0 unspecified atom stereocenters. The minimum absolute atomic E-state index is 0. The van der Waals surface area contributed by atoms with Crippen LogP contribution in [0.4, 0.5) is 0 Å². The van der Waals surface area contributed by atoms with Crippen LogP contribution in [-0.2, 0) is 13.1 Å². The SMILES string of the molecule is CCCCCCCC[n+]1cccc(-c2cccc[n+]2CCCCCCCC)c1.[I-].[I-]. The molecule has 0 aliphatic carbocycles. The van der Waals surface area contributed by atoms with Gasteiger partial charge in [-0.15, -0.1) is 0 Å². The van der Waals surface area contributed by atoms with Gasteiger partial charge in [0.05, 0.1) is 0 Å². The summed E-state index contributed by atoms with van der Waals surface area (Å²) in [6, 6.07) is 11.0. The lowest BCUT2D eigenvalue weighted by molar-refractivity contribution is -0.699. The molecule has 0 atom stereocenters. The highest BCUT2D eigenvalue weighted by molar-refractivity contribution is 5.52. The van der Waals surface area contributed by atoms with E-state index in [0.717, 1.165) is 13.1 Å². The van der Waals surface area contributed by atoms with Crippen molar-refractivity contribution in [2.45, 2.75) is 104 Å². The molecule has 4 heteroatoms. The molecule has 0 bridgehead atoms. The lowest BCUT2D eigenvalue weighted by atomic mass is 10.1. The van der Waals surface area contributed by atoms with Crippen molar-refractivity contribution >= 4 is 0 Å². The molecule has 0 N–H and O–H groups in total. The summed E-state index contributed by atoms with van der Waals surface area (Å²) in [6.45, 7) is 6.81. The van der Waals surface area contributed by atoms with Crippen LogP contribution in [0.25, 0.3) is 11.3 Å². The predicted molar refractivity (Wildman–Crippen MR) is 119 cm³/mol. The van der Waals surface area contributed by atoms with Gasteiger partial charge in [-0.25, -0.2) is 4.57 Å². The van der Waals surface area contributed by atoms with Crippen LogP contribution >= 0.6 is 0 Å². The van der Waals surface area contributed by atoms with Gasteiger partial charge in [-0.1, -0.05) is 65.2 Å². The molecular formula is C26H42I2N2. The summed E-state index contributed by atoms with van der Waals surface area (Å²) in [5.41, 5.74) is 2.67. The Hall–Kier alpha value is -0.240. The van der Waals surface area contributed by atoms with Gasteiger partial charge in [-0.2, -0.15) is 4.57 Å². The average Bonchev–Trinajstić information content (AvgIpc) is 2.73. The van der Waals surface area contributed by atoms with Gasteiger partial charge in [-0.05, 0) is 25.0 Å². The normalized spacial score (nSPS) is 10.3. The third-order valence-electron chi connectivity index (χ3n) is 5.62. The second-order valence-electron chi connectivity index (χ2n) is 8.15. The summed E-state index contributed by atoms with van der Waals surface area (Å²) in [5.74, 6) is 0. The standard InChI is InChI=1S/C26H42N2.2HI/c1-3-5-7-9-11-14-20-27-21-17-18-25(24-27)26-19-13-16-23-28(26)22-15-12-10-8-6-4-2;;/h13,16-19,21,23-24H,3-12,14-15,20,22H2,1-2H3;2*1H/q+2;;/p-2. The first-order chi connectivity index (χ1) is 13.8. The van der Waals surface area contributed by atoms with Crippen LogP contribution in [0, 0.1) is 0 Å². The van der Waals surface area contributed by atoms with Crippen molar-refractivity contribution in [1.82, 2.24) is 0 Å². The Morgan fingerprint density at radius 3 is 1.87 bits per heavy atom. The first kappa shape index (κ1) is 29.8. The van der Waals surface area contributed by atoms with E-state index in [2.05, 4.69) is 71.9 Å². The maximum atomic E-state index is 2.43. The number of nitrogens with zero attached hydrogens (tertiary/aromatic N) is 2. The highest BCUT2D eigenvalue weighted by Gasteiger charge is 2.15. The van der Waals surface area contributed by atoms with Crippen molar-refractivity contribution in [3.05, 3.63) is 48.9 Å². The van der Waals surface area contributed by atoms with E-state index in [9.17, 15) is 0 Å². The second kappa shape index (κ2) is 19.4. The molecule has 0 radical (unpaired) electrons. The molecule has 0 aliphatic heterocycles. The van der Waals surface area contributed by atoms with E-state index in [1.54, 1.807) is 0 Å². The van der Waals surface area contributed by atoms with Gasteiger partial charge < -0.3 is 48.0 Å². The lowest BCUT2D eigenvalue weighted by Crippen LogP contribution is -3.00. The Kier molecular flexibility index (Phi) is 19.3. The highest BCUT2D eigenvalue weighted by Crippen LogP contribution is 2.13. The minimum Gasteiger partial charge on any atom is -1.00 e. The number of hydrogen-bond donors (Lipinski definition) is 0. The number of aromatic nitrogens is 2. The van der Waals surface area contributed by atoms with Crippen molar-refractivity contribution in [3.8, 4) is 11.3 Å². The van der Waals surface area contributed by atoms with E-state index >= 15 is 0 Å². The fourth-order valence-corrected chi connectivity index (χ4v) is 3.88. The smallest absolute Gasteiger partial charge is 0.218 e. The van der Waals surface area contributed by atoms with Crippen LogP contribution in [0.1, 0.15) is 90.9 Å². The van der Waals surface area contributed by atoms with E-state index in [1.807, 2.05) is 0 Å². The van der Waals surface area contributed by atoms with Crippen LogP contribution in [0.15, 0.2) is 48.9 Å². The maximum absolute atomic E-state index is 2.43. The zero-order valence-electron chi connectivity index (χ0n) is 19.2. The van der Waals surface area contributed by atoms with Crippen LogP contribution in [0.5, 0.6) is 0 Å². The quantitative estimate of drug-likeness (QED) is 0.154. The Labute approximate surface area is 219 Å². The van der Waals surface area contributed by atoms with Gasteiger partial charge in [-0.3, -0.25) is 0 Å². The molecule has 2 nitrogen and oxygen atoms in total. The molecule has 170 valence electrons. The maximum Gasteiger partial charge on any atom is 0.218 e. The van der Waals surface area contributed by atoms with E-state index in [-0.39, 0.29) is 48.0 Å². The van der Waals surface area contributed by atoms with Crippen molar-refractivity contribution in [1.29, 1.82) is 0 Å². The Morgan fingerprint density at radius 2 is 1.20 bits per heavy atom. The van der Waals surface area contributed by atoms with Crippen LogP contribution < -0.4 is 57.1 Å².